The minimum atomic E-state index is -0.741. The van der Waals surface area contributed by atoms with Crippen molar-refractivity contribution in [3.05, 3.63) is 14.9 Å². The van der Waals surface area contributed by atoms with Gasteiger partial charge >= 0.3 is 16.5 Å². The van der Waals surface area contributed by atoms with Crippen LogP contribution in [0.25, 0.3) is 0 Å². The molecule has 0 saturated carbocycles. The number of unbranched alkanes of at least 4 members (excludes halogenated alkanes) is 1. The van der Waals surface area contributed by atoms with Crippen molar-refractivity contribution in [3.8, 4) is 0 Å². The average molecular weight is 363 g/mol. The van der Waals surface area contributed by atoms with E-state index in [0.717, 1.165) is 5.92 Å². The quantitative estimate of drug-likeness (QED) is 0.341. The Labute approximate surface area is 144 Å². The molecule has 0 amide bonds. The van der Waals surface area contributed by atoms with Crippen molar-refractivity contribution in [1.82, 2.24) is 0 Å². The molecule has 0 aromatic rings. The predicted octanol–water partition coefficient (Wildman–Crippen LogP) is 7.39. The van der Waals surface area contributed by atoms with Gasteiger partial charge in [-0.2, -0.15) is 0 Å². The van der Waals surface area contributed by atoms with Gasteiger partial charge in [0.1, 0.15) is 0 Å². The molecule has 0 aliphatic rings. The minimum absolute atomic E-state index is 0. The molecule has 20 heavy (non-hydrogen) atoms. The van der Waals surface area contributed by atoms with E-state index < -0.39 is 16.1 Å². The van der Waals surface area contributed by atoms with Gasteiger partial charge in [0.2, 0.25) is 0 Å². The smallest absolute Gasteiger partial charge is 0.358 e. The largest absolute Gasteiger partial charge is 2.00 e. The third-order valence-electron chi connectivity index (χ3n) is 2.94. The molecule has 1 atom stereocenters. The van der Waals surface area contributed by atoms with E-state index in [9.17, 15) is 0 Å². The summed E-state index contributed by atoms with van der Waals surface area (Å²) >= 11 is 0. The summed E-state index contributed by atoms with van der Waals surface area (Å²) in [5.74, 6) is 0.955. The molecule has 0 aliphatic heterocycles. The fraction of sp³-hybridized carbons (Fsp3) is 0.882. The molecular formula is C17H44NiSi2. The third kappa shape index (κ3) is 36.4. The Morgan fingerprint density at radius 2 is 1.20 bits per heavy atom. The van der Waals surface area contributed by atoms with Crippen LogP contribution in [0.4, 0.5) is 0 Å². The maximum atomic E-state index is 2.44. The number of rotatable bonds is 6. The Morgan fingerprint density at radius 1 is 0.800 bits per heavy atom. The van der Waals surface area contributed by atoms with Gasteiger partial charge in [-0.3, -0.25) is 0 Å². The van der Waals surface area contributed by atoms with Crippen LogP contribution in [-0.4, -0.2) is 16.1 Å². The fourth-order valence-electron chi connectivity index (χ4n) is 1.90. The average Bonchev–Trinajstić information content (AvgIpc) is 2.12. The summed E-state index contributed by atoms with van der Waals surface area (Å²) in [5, 5.41) is 0. The Balaban J connectivity index is -0.0000000655. The van der Waals surface area contributed by atoms with Crippen LogP contribution in [0.5, 0.6) is 0 Å². The standard InChI is InChI=1S/C8H20Si.C7H18Si.2CH3.Ni/c1-6-8(2)7-9(3,4)5;1-5-6-7-8(2,3)4;;;/h8H,6-7H2,1-5H3;5-7H2,1-4H3;2*1H3;/q;;2*-1;+2. The van der Waals surface area contributed by atoms with Gasteiger partial charge in [0.15, 0.2) is 0 Å². The van der Waals surface area contributed by atoms with E-state index in [1.54, 1.807) is 0 Å². The zero-order valence-corrected chi connectivity index (χ0v) is 19.4. The van der Waals surface area contributed by atoms with Crippen LogP contribution in [0.2, 0.25) is 51.4 Å². The maximum absolute atomic E-state index is 2.44. The van der Waals surface area contributed by atoms with Crippen LogP contribution < -0.4 is 0 Å². The molecule has 0 saturated heterocycles. The van der Waals surface area contributed by atoms with Gasteiger partial charge in [0, 0.05) is 16.1 Å². The minimum Gasteiger partial charge on any atom is -0.358 e. The molecule has 0 aromatic heterocycles. The molecule has 1 unspecified atom stereocenters. The molecule has 0 radical (unpaired) electrons. The zero-order valence-electron chi connectivity index (χ0n) is 16.4. The Kier molecular flexibility index (Phi) is 26.7. The van der Waals surface area contributed by atoms with Crippen molar-refractivity contribution >= 4 is 16.1 Å². The summed E-state index contributed by atoms with van der Waals surface area (Å²) in [4.78, 5) is 0. The van der Waals surface area contributed by atoms with Crippen LogP contribution in [0.15, 0.2) is 0 Å². The van der Waals surface area contributed by atoms with Gasteiger partial charge in [-0.1, -0.05) is 91.4 Å². The summed E-state index contributed by atoms with van der Waals surface area (Å²) < 4.78 is 0. The molecule has 3 heteroatoms. The van der Waals surface area contributed by atoms with Crippen molar-refractivity contribution in [1.29, 1.82) is 0 Å². The van der Waals surface area contributed by atoms with Crippen LogP contribution >= 0.6 is 0 Å². The van der Waals surface area contributed by atoms with E-state index in [0.29, 0.717) is 0 Å². The van der Waals surface area contributed by atoms with E-state index in [2.05, 4.69) is 60.1 Å². The molecule has 0 nitrogen and oxygen atoms in total. The molecule has 0 N–H and O–H groups in total. The summed E-state index contributed by atoms with van der Waals surface area (Å²) in [5.41, 5.74) is 0. The second kappa shape index (κ2) is 16.3. The monoisotopic (exact) mass is 362 g/mol. The Morgan fingerprint density at radius 3 is 1.30 bits per heavy atom. The fourth-order valence-corrected chi connectivity index (χ4v) is 5.69. The van der Waals surface area contributed by atoms with Gasteiger partial charge < -0.3 is 14.9 Å². The second-order valence-electron chi connectivity index (χ2n) is 7.94. The van der Waals surface area contributed by atoms with Gasteiger partial charge in [-0.25, -0.2) is 0 Å². The number of hydrogen-bond acceptors (Lipinski definition) is 0. The summed E-state index contributed by atoms with van der Waals surface area (Å²) in [6.07, 6.45) is 4.16. The van der Waals surface area contributed by atoms with Gasteiger partial charge in [-0.05, 0) is 5.92 Å². The maximum Gasteiger partial charge on any atom is 2.00 e. The third-order valence-corrected chi connectivity index (χ3v) is 6.71. The Hall–Kier alpha value is 0.927. The van der Waals surface area contributed by atoms with E-state index in [4.69, 9.17) is 0 Å². The van der Waals surface area contributed by atoms with Crippen molar-refractivity contribution in [3.63, 3.8) is 0 Å². The molecule has 0 aliphatic carbocycles. The topological polar surface area (TPSA) is 0 Å². The van der Waals surface area contributed by atoms with Gasteiger partial charge in [0.25, 0.3) is 0 Å². The van der Waals surface area contributed by atoms with Crippen LogP contribution in [-0.2, 0) is 16.5 Å². The van der Waals surface area contributed by atoms with E-state index in [1.807, 2.05) is 0 Å². The summed E-state index contributed by atoms with van der Waals surface area (Å²) in [7, 11) is -1.42. The first-order chi connectivity index (χ1) is 7.52. The van der Waals surface area contributed by atoms with Gasteiger partial charge in [0.05, 0.1) is 0 Å². The first-order valence-electron chi connectivity index (χ1n) is 7.52. The number of hydrogen-bond donors (Lipinski definition) is 0. The molecule has 0 fully saturated rings. The Bertz CT molecular complexity index is 169. The van der Waals surface area contributed by atoms with Crippen molar-refractivity contribution in [2.75, 3.05) is 0 Å². The van der Waals surface area contributed by atoms with E-state index in [1.165, 1.54) is 31.4 Å². The van der Waals surface area contributed by atoms with E-state index in [-0.39, 0.29) is 31.3 Å². The normalized spacial score (nSPS) is 11.8. The van der Waals surface area contributed by atoms with Crippen molar-refractivity contribution < 1.29 is 16.5 Å². The molecular weight excluding hydrogens is 319 g/mol. The molecule has 0 aromatic carbocycles. The van der Waals surface area contributed by atoms with Crippen molar-refractivity contribution in [2.45, 2.75) is 91.4 Å². The van der Waals surface area contributed by atoms with Crippen LogP contribution in [0.1, 0.15) is 40.0 Å². The summed E-state index contributed by atoms with van der Waals surface area (Å²) in [6, 6.07) is 2.99. The molecule has 0 bridgehead atoms. The predicted molar refractivity (Wildman–Crippen MR) is 103 cm³/mol. The molecule has 0 spiro atoms. The second-order valence-corrected chi connectivity index (χ2v) is 19.1. The molecule has 0 rings (SSSR count). The van der Waals surface area contributed by atoms with Crippen LogP contribution in [0, 0.1) is 20.8 Å². The zero-order chi connectivity index (χ0) is 14.1. The first kappa shape index (κ1) is 32.8. The van der Waals surface area contributed by atoms with Crippen molar-refractivity contribution in [2.24, 2.45) is 5.92 Å². The van der Waals surface area contributed by atoms with Crippen LogP contribution in [0.3, 0.4) is 0 Å². The molecule has 130 valence electrons. The first-order valence-corrected chi connectivity index (χ1v) is 14.9. The van der Waals surface area contributed by atoms with Gasteiger partial charge in [-0.15, -0.1) is 0 Å². The molecule has 0 heterocycles. The summed E-state index contributed by atoms with van der Waals surface area (Å²) in [6.45, 7) is 21.5. The van der Waals surface area contributed by atoms with E-state index >= 15 is 0 Å². The SMILES string of the molecule is CCC(C)C[Si](C)(C)C.CCCC[Si](C)(C)C.[CH3-].[CH3-].[Ni+2].